The summed E-state index contributed by atoms with van der Waals surface area (Å²) in [6.07, 6.45) is 3.79. The zero-order valence-corrected chi connectivity index (χ0v) is 13.3. The summed E-state index contributed by atoms with van der Waals surface area (Å²) < 4.78 is 6.95. The van der Waals surface area contributed by atoms with Crippen LogP contribution < -0.4 is 0 Å². The molecule has 0 unspecified atom stereocenters. The van der Waals surface area contributed by atoms with E-state index in [1.807, 2.05) is 12.1 Å². The Morgan fingerprint density at radius 1 is 1.17 bits per heavy atom. The van der Waals surface area contributed by atoms with Gasteiger partial charge in [-0.3, -0.25) is 4.90 Å². The largest absolute Gasteiger partial charge is 0.461 e. The Labute approximate surface area is 135 Å². The third-order valence-corrected chi connectivity index (χ3v) is 4.09. The van der Waals surface area contributed by atoms with Gasteiger partial charge in [-0.15, -0.1) is 5.10 Å². The maximum absolute atomic E-state index is 12.1. The normalized spacial score (nSPS) is 15.5. The van der Waals surface area contributed by atoms with Gasteiger partial charge in [-0.05, 0) is 48.5 Å². The van der Waals surface area contributed by atoms with Crippen molar-refractivity contribution in [3.63, 3.8) is 0 Å². The number of rotatable bonds is 5. The van der Waals surface area contributed by atoms with Crippen LogP contribution in [0.1, 0.15) is 29.6 Å². The first kappa shape index (κ1) is 15.6. The Morgan fingerprint density at radius 2 is 1.91 bits per heavy atom. The molecule has 0 atom stereocenters. The van der Waals surface area contributed by atoms with Gasteiger partial charge in [0.05, 0.1) is 5.56 Å². The van der Waals surface area contributed by atoms with Gasteiger partial charge in [0.1, 0.15) is 6.61 Å². The highest BCUT2D eigenvalue weighted by Gasteiger charge is 2.12. The van der Waals surface area contributed by atoms with E-state index in [-0.39, 0.29) is 5.97 Å². The molecule has 7 nitrogen and oxygen atoms in total. The van der Waals surface area contributed by atoms with Gasteiger partial charge in [-0.1, -0.05) is 18.6 Å². The fourth-order valence-electron chi connectivity index (χ4n) is 2.76. The van der Waals surface area contributed by atoms with Crippen molar-refractivity contribution in [3.8, 4) is 11.4 Å². The fraction of sp³-hybridized carbons (Fsp3) is 0.500. The number of aromatic nitrogens is 4. The molecule has 1 aromatic heterocycles. The van der Waals surface area contributed by atoms with E-state index in [0.29, 0.717) is 18.0 Å². The van der Waals surface area contributed by atoms with E-state index in [4.69, 9.17) is 4.74 Å². The summed E-state index contributed by atoms with van der Waals surface area (Å²) in [6.45, 7) is 3.47. The van der Waals surface area contributed by atoms with Gasteiger partial charge in [0.2, 0.25) is 0 Å². The van der Waals surface area contributed by atoms with Crippen LogP contribution in [0.5, 0.6) is 0 Å². The molecule has 1 aromatic carbocycles. The van der Waals surface area contributed by atoms with Crippen LogP contribution in [-0.4, -0.2) is 57.3 Å². The lowest BCUT2D eigenvalue weighted by molar-refractivity contribution is 0.0452. The van der Waals surface area contributed by atoms with Gasteiger partial charge >= 0.3 is 5.97 Å². The summed E-state index contributed by atoms with van der Waals surface area (Å²) in [5.41, 5.74) is 1.41. The van der Waals surface area contributed by atoms with Crippen molar-refractivity contribution in [2.75, 3.05) is 26.2 Å². The van der Waals surface area contributed by atoms with Gasteiger partial charge in [0.15, 0.2) is 5.82 Å². The van der Waals surface area contributed by atoms with Crippen molar-refractivity contribution >= 4 is 5.97 Å². The fourth-order valence-corrected chi connectivity index (χ4v) is 2.76. The number of hydrogen-bond acceptors (Lipinski definition) is 6. The summed E-state index contributed by atoms with van der Waals surface area (Å²) in [5, 5.41) is 11.3. The molecule has 0 radical (unpaired) electrons. The van der Waals surface area contributed by atoms with Gasteiger partial charge in [0, 0.05) is 19.2 Å². The molecule has 0 spiro atoms. The Morgan fingerprint density at radius 3 is 2.57 bits per heavy atom. The van der Waals surface area contributed by atoms with E-state index in [0.717, 1.165) is 25.2 Å². The molecule has 1 saturated heterocycles. The Bertz CT molecular complexity index is 647. The van der Waals surface area contributed by atoms with Gasteiger partial charge in [-0.25, -0.2) is 9.48 Å². The molecule has 23 heavy (non-hydrogen) atoms. The molecule has 7 heteroatoms. The Hall–Kier alpha value is -2.28. The molecule has 0 saturated carbocycles. The Kier molecular flexibility index (Phi) is 4.97. The summed E-state index contributed by atoms with van der Waals surface area (Å²) in [7, 11) is 1.78. The molecule has 1 aliphatic heterocycles. The third kappa shape index (κ3) is 3.92. The van der Waals surface area contributed by atoms with Crippen molar-refractivity contribution in [1.29, 1.82) is 0 Å². The number of esters is 1. The quantitative estimate of drug-likeness (QED) is 0.779. The highest BCUT2D eigenvalue weighted by atomic mass is 16.5. The summed E-state index contributed by atoms with van der Waals surface area (Å²) >= 11 is 0. The molecule has 0 bridgehead atoms. The van der Waals surface area contributed by atoms with Crippen molar-refractivity contribution in [1.82, 2.24) is 25.1 Å². The number of aryl methyl sites for hydroxylation is 1. The third-order valence-electron chi connectivity index (χ3n) is 4.09. The number of hydrogen-bond donors (Lipinski definition) is 0. The van der Waals surface area contributed by atoms with Crippen LogP contribution in [0, 0.1) is 0 Å². The van der Waals surface area contributed by atoms with E-state index < -0.39 is 0 Å². The molecule has 2 heterocycles. The SMILES string of the molecule is Cn1nnnc1-c1ccc(C(=O)OCCN2CCCCC2)cc1. The number of nitrogens with zero attached hydrogens (tertiary/aromatic N) is 5. The predicted molar refractivity (Wildman–Crippen MR) is 84.8 cm³/mol. The minimum Gasteiger partial charge on any atom is -0.461 e. The summed E-state index contributed by atoms with van der Waals surface area (Å²) in [5.74, 6) is 0.375. The zero-order chi connectivity index (χ0) is 16.1. The number of carbonyl (C=O) groups is 1. The topological polar surface area (TPSA) is 73.1 Å². The van der Waals surface area contributed by atoms with Crippen LogP contribution in [0.2, 0.25) is 0 Å². The van der Waals surface area contributed by atoms with Crippen molar-refractivity contribution in [2.45, 2.75) is 19.3 Å². The van der Waals surface area contributed by atoms with Crippen LogP contribution in [0.15, 0.2) is 24.3 Å². The monoisotopic (exact) mass is 315 g/mol. The molecule has 3 rings (SSSR count). The van der Waals surface area contributed by atoms with Crippen LogP contribution in [-0.2, 0) is 11.8 Å². The van der Waals surface area contributed by atoms with Crippen molar-refractivity contribution in [2.24, 2.45) is 7.05 Å². The highest BCUT2D eigenvalue weighted by molar-refractivity contribution is 5.89. The minimum absolute atomic E-state index is 0.287. The van der Waals surface area contributed by atoms with E-state index >= 15 is 0 Å². The van der Waals surface area contributed by atoms with E-state index in [9.17, 15) is 4.79 Å². The number of benzene rings is 1. The number of ether oxygens (including phenoxy) is 1. The van der Waals surface area contributed by atoms with E-state index in [1.165, 1.54) is 19.3 Å². The molecule has 1 fully saturated rings. The predicted octanol–water partition coefficient (Wildman–Crippen LogP) is 1.52. The van der Waals surface area contributed by atoms with E-state index in [2.05, 4.69) is 20.4 Å². The maximum atomic E-state index is 12.1. The molecule has 122 valence electrons. The lowest BCUT2D eigenvalue weighted by Gasteiger charge is -2.25. The molecular formula is C16H21N5O2. The lowest BCUT2D eigenvalue weighted by atomic mass is 10.1. The van der Waals surface area contributed by atoms with Gasteiger partial charge in [-0.2, -0.15) is 0 Å². The lowest BCUT2D eigenvalue weighted by Crippen LogP contribution is -2.33. The number of tetrazole rings is 1. The van der Waals surface area contributed by atoms with Crippen LogP contribution in [0.3, 0.4) is 0 Å². The van der Waals surface area contributed by atoms with Crippen molar-refractivity contribution in [3.05, 3.63) is 29.8 Å². The standard InChI is InChI=1S/C16H21N5O2/c1-20-15(17-18-19-20)13-5-7-14(8-6-13)16(22)23-12-11-21-9-3-2-4-10-21/h5-8H,2-4,9-12H2,1H3. The zero-order valence-electron chi connectivity index (χ0n) is 13.3. The second kappa shape index (κ2) is 7.32. The molecular weight excluding hydrogens is 294 g/mol. The molecule has 0 amide bonds. The average Bonchev–Trinajstić information content (AvgIpc) is 3.02. The molecule has 0 N–H and O–H groups in total. The highest BCUT2D eigenvalue weighted by Crippen LogP contribution is 2.16. The molecule has 0 aliphatic carbocycles. The minimum atomic E-state index is -0.287. The maximum Gasteiger partial charge on any atom is 0.338 e. The number of likely N-dealkylation sites (tertiary alicyclic amines) is 1. The average molecular weight is 315 g/mol. The van der Waals surface area contributed by atoms with Crippen LogP contribution >= 0.6 is 0 Å². The first-order valence-corrected chi connectivity index (χ1v) is 7.96. The van der Waals surface area contributed by atoms with Gasteiger partial charge < -0.3 is 4.74 Å². The van der Waals surface area contributed by atoms with Gasteiger partial charge in [0.25, 0.3) is 0 Å². The Balaban J connectivity index is 1.52. The number of carbonyl (C=O) groups excluding carboxylic acids is 1. The second-order valence-corrected chi connectivity index (χ2v) is 5.74. The summed E-state index contributed by atoms with van der Waals surface area (Å²) in [4.78, 5) is 14.4. The van der Waals surface area contributed by atoms with Crippen LogP contribution in [0.25, 0.3) is 11.4 Å². The first-order chi connectivity index (χ1) is 11.2. The first-order valence-electron chi connectivity index (χ1n) is 7.96. The van der Waals surface area contributed by atoms with Crippen molar-refractivity contribution < 1.29 is 9.53 Å². The second-order valence-electron chi connectivity index (χ2n) is 5.74. The van der Waals surface area contributed by atoms with E-state index in [1.54, 1.807) is 23.9 Å². The molecule has 2 aromatic rings. The number of piperidine rings is 1. The molecule has 1 aliphatic rings. The van der Waals surface area contributed by atoms with Crippen LogP contribution in [0.4, 0.5) is 0 Å². The summed E-state index contributed by atoms with van der Waals surface area (Å²) in [6, 6.07) is 7.14. The smallest absolute Gasteiger partial charge is 0.338 e.